The highest BCUT2D eigenvalue weighted by Gasteiger charge is 2.18. The maximum atomic E-state index is 10.3. The SMILES string of the molecule is CC1CCC(C(=O)[O-])CC1. The van der Waals surface area contributed by atoms with Gasteiger partial charge in [-0.25, -0.2) is 0 Å². The third kappa shape index (κ3) is 1.72. The molecule has 0 amide bonds. The highest BCUT2D eigenvalue weighted by atomic mass is 16.4. The Morgan fingerprint density at radius 3 is 2.20 bits per heavy atom. The summed E-state index contributed by atoms with van der Waals surface area (Å²) in [5.74, 6) is -0.293. The van der Waals surface area contributed by atoms with Gasteiger partial charge in [-0.2, -0.15) is 0 Å². The quantitative estimate of drug-likeness (QED) is 0.535. The van der Waals surface area contributed by atoms with Gasteiger partial charge in [0.2, 0.25) is 0 Å². The van der Waals surface area contributed by atoms with E-state index in [2.05, 4.69) is 6.92 Å². The number of rotatable bonds is 1. The molecule has 0 aromatic heterocycles. The lowest BCUT2D eigenvalue weighted by Gasteiger charge is -2.26. The van der Waals surface area contributed by atoms with Crippen molar-refractivity contribution in [2.45, 2.75) is 32.6 Å². The van der Waals surface area contributed by atoms with Crippen LogP contribution in [0, 0.1) is 11.8 Å². The molecule has 58 valence electrons. The summed E-state index contributed by atoms with van der Waals surface area (Å²) in [6.07, 6.45) is 3.75. The van der Waals surface area contributed by atoms with E-state index in [9.17, 15) is 9.90 Å². The molecule has 10 heavy (non-hydrogen) atoms. The number of hydrogen-bond acceptors (Lipinski definition) is 2. The third-order valence-corrected chi connectivity index (χ3v) is 2.35. The van der Waals surface area contributed by atoms with Crippen molar-refractivity contribution in [1.29, 1.82) is 0 Å². The maximum absolute atomic E-state index is 10.3. The molecule has 2 nitrogen and oxygen atoms in total. The fourth-order valence-electron chi connectivity index (χ4n) is 1.50. The Kier molecular flexibility index (Phi) is 2.30. The van der Waals surface area contributed by atoms with Crippen LogP contribution in [-0.2, 0) is 4.79 Å². The Morgan fingerprint density at radius 1 is 1.30 bits per heavy atom. The van der Waals surface area contributed by atoms with E-state index in [1.807, 2.05) is 0 Å². The number of carboxylic acids is 1. The van der Waals surface area contributed by atoms with Gasteiger partial charge in [0.1, 0.15) is 0 Å². The average molecular weight is 141 g/mol. The zero-order valence-corrected chi connectivity index (χ0v) is 6.30. The number of carboxylic acid groups (broad SMARTS) is 1. The molecule has 0 unspecified atom stereocenters. The normalized spacial score (nSPS) is 33.7. The summed E-state index contributed by atoms with van der Waals surface area (Å²) in [4.78, 5) is 10.3. The standard InChI is InChI=1S/C8H14O2/c1-6-2-4-7(5-3-6)8(9)10/h6-7H,2-5H2,1H3,(H,9,10)/p-1. The first-order valence-electron chi connectivity index (χ1n) is 3.91. The van der Waals surface area contributed by atoms with Crippen LogP contribution in [0.2, 0.25) is 0 Å². The molecule has 0 N–H and O–H groups in total. The lowest BCUT2D eigenvalue weighted by molar-refractivity contribution is -0.312. The van der Waals surface area contributed by atoms with Crippen molar-refractivity contribution < 1.29 is 9.90 Å². The van der Waals surface area contributed by atoms with Crippen LogP contribution in [0.4, 0.5) is 0 Å². The van der Waals surface area contributed by atoms with Gasteiger partial charge >= 0.3 is 0 Å². The number of carbonyl (C=O) groups excluding carboxylic acids is 1. The molecule has 0 spiro atoms. The Labute approximate surface area is 61.2 Å². The second-order valence-electron chi connectivity index (χ2n) is 3.28. The summed E-state index contributed by atoms with van der Waals surface area (Å²) in [5, 5.41) is 10.3. The third-order valence-electron chi connectivity index (χ3n) is 2.35. The van der Waals surface area contributed by atoms with E-state index in [1.165, 1.54) is 0 Å². The number of carbonyl (C=O) groups is 1. The zero-order chi connectivity index (χ0) is 7.56. The Morgan fingerprint density at radius 2 is 1.80 bits per heavy atom. The minimum absolute atomic E-state index is 0.156. The predicted molar refractivity (Wildman–Crippen MR) is 36.1 cm³/mol. The van der Waals surface area contributed by atoms with E-state index < -0.39 is 5.97 Å². The van der Waals surface area contributed by atoms with E-state index in [-0.39, 0.29) is 5.92 Å². The molecule has 0 aromatic rings. The van der Waals surface area contributed by atoms with Crippen LogP contribution < -0.4 is 5.11 Å². The predicted octanol–water partition coefficient (Wildman–Crippen LogP) is 0.563. The summed E-state index contributed by atoms with van der Waals surface area (Å²) < 4.78 is 0. The molecule has 1 saturated carbocycles. The molecule has 0 radical (unpaired) electrons. The molecule has 0 aliphatic heterocycles. The second kappa shape index (κ2) is 3.04. The van der Waals surface area contributed by atoms with Crippen LogP contribution in [0.25, 0.3) is 0 Å². The van der Waals surface area contributed by atoms with Gasteiger partial charge in [-0.05, 0) is 24.7 Å². The van der Waals surface area contributed by atoms with Gasteiger partial charge in [-0.1, -0.05) is 19.8 Å². The van der Waals surface area contributed by atoms with E-state index in [0.29, 0.717) is 0 Å². The smallest absolute Gasteiger partial charge is 0.0445 e. The van der Waals surface area contributed by atoms with Crippen molar-refractivity contribution in [3.63, 3.8) is 0 Å². The molecule has 2 heteroatoms. The summed E-state index contributed by atoms with van der Waals surface area (Å²) in [5.41, 5.74) is 0. The van der Waals surface area contributed by atoms with Crippen molar-refractivity contribution in [1.82, 2.24) is 0 Å². The number of aliphatic carboxylic acids is 1. The lowest BCUT2D eigenvalue weighted by Crippen LogP contribution is -2.33. The average Bonchev–Trinajstić information content (AvgIpc) is 1.88. The maximum Gasteiger partial charge on any atom is 0.0445 e. The van der Waals surface area contributed by atoms with Gasteiger partial charge < -0.3 is 9.90 Å². The van der Waals surface area contributed by atoms with E-state index in [4.69, 9.17) is 0 Å². The highest BCUT2D eigenvalue weighted by molar-refractivity contribution is 5.67. The monoisotopic (exact) mass is 141 g/mol. The molecule has 0 aromatic carbocycles. The fourth-order valence-corrected chi connectivity index (χ4v) is 1.50. The first-order chi connectivity index (χ1) is 4.70. The van der Waals surface area contributed by atoms with Crippen LogP contribution in [0.15, 0.2) is 0 Å². The molecular weight excluding hydrogens is 128 g/mol. The molecular formula is C8H13O2-. The van der Waals surface area contributed by atoms with Gasteiger partial charge in [0.05, 0.1) is 0 Å². The van der Waals surface area contributed by atoms with Crippen molar-refractivity contribution in [3.05, 3.63) is 0 Å². The molecule has 0 bridgehead atoms. The fraction of sp³-hybridized carbons (Fsp3) is 0.875. The first kappa shape index (κ1) is 7.58. The van der Waals surface area contributed by atoms with Gasteiger partial charge in [-0.3, -0.25) is 0 Å². The van der Waals surface area contributed by atoms with Crippen molar-refractivity contribution in [2.75, 3.05) is 0 Å². The molecule has 1 aliphatic rings. The largest absolute Gasteiger partial charge is 0.550 e. The first-order valence-corrected chi connectivity index (χ1v) is 3.91. The van der Waals surface area contributed by atoms with Crippen LogP contribution in [0.5, 0.6) is 0 Å². The summed E-state index contributed by atoms with van der Waals surface area (Å²) >= 11 is 0. The molecule has 0 heterocycles. The van der Waals surface area contributed by atoms with Gasteiger partial charge in [0, 0.05) is 5.97 Å². The molecule has 1 rings (SSSR count). The van der Waals surface area contributed by atoms with Crippen LogP contribution in [-0.4, -0.2) is 5.97 Å². The van der Waals surface area contributed by atoms with Crippen molar-refractivity contribution >= 4 is 5.97 Å². The second-order valence-corrected chi connectivity index (χ2v) is 3.28. The summed E-state index contributed by atoms with van der Waals surface area (Å²) in [6.45, 7) is 2.17. The minimum atomic E-state index is -0.855. The molecule has 0 atom stereocenters. The molecule has 1 aliphatic carbocycles. The zero-order valence-electron chi connectivity index (χ0n) is 6.30. The van der Waals surface area contributed by atoms with E-state index >= 15 is 0 Å². The lowest BCUT2D eigenvalue weighted by atomic mass is 9.83. The van der Waals surface area contributed by atoms with Crippen LogP contribution >= 0.6 is 0 Å². The van der Waals surface area contributed by atoms with Gasteiger partial charge in [0.25, 0.3) is 0 Å². The highest BCUT2D eigenvalue weighted by Crippen LogP contribution is 2.27. The van der Waals surface area contributed by atoms with E-state index in [0.717, 1.165) is 31.6 Å². The number of hydrogen-bond donors (Lipinski definition) is 0. The van der Waals surface area contributed by atoms with Crippen LogP contribution in [0.1, 0.15) is 32.6 Å². The molecule has 1 fully saturated rings. The minimum Gasteiger partial charge on any atom is -0.550 e. The van der Waals surface area contributed by atoms with Crippen molar-refractivity contribution in [3.8, 4) is 0 Å². The van der Waals surface area contributed by atoms with Crippen LogP contribution in [0.3, 0.4) is 0 Å². The molecule has 0 saturated heterocycles. The Bertz CT molecular complexity index is 123. The van der Waals surface area contributed by atoms with Crippen molar-refractivity contribution in [2.24, 2.45) is 11.8 Å². The van der Waals surface area contributed by atoms with Gasteiger partial charge in [0.15, 0.2) is 0 Å². The topological polar surface area (TPSA) is 40.1 Å². The van der Waals surface area contributed by atoms with Gasteiger partial charge in [-0.15, -0.1) is 0 Å². The van der Waals surface area contributed by atoms with E-state index in [1.54, 1.807) is 0 Å². The Balaban J connectivity index is 2.33. The summed E-state index contributed by atoms with van der Waals surface area (Å²) in [7, 11) is 0. The Hall–Kier alpha value is -0.530. The summed E-state index contributed by atoms with van der Waals surface area (Å²) in [6, 6.07) is 0.